The van der Waals surface area contributed by atoms with E-state index in [4.69, 9.17) is 21.2 Å². The van der Waals surface area contributed by atoms with Gasteiger partial charge in [-0.05, 0) is 73.5 Å². The second-order valence-electron chi connectivity index (χ2n) is 7.91. The minimum atomic E-state index is -0.574. The number of amidine groups is 1. The van der Waals surface area contributed by atoms with Crippen LogP contribution in [0.25, 0.3) is 0 Å². The smallest absolute Gasteiger partial charge is 0.365 e. The van der Waals surface area contributed by atoms with Crippen LogP contribution in [0.3, 0.4) is 0 Å². The van der Waals surface area contributed by atoms with Crippen LogP contribution in [0.2, 0.25) is 5.02 Å². The van der Waals surface area contributed by atoms with Crippen molar-refractivity contribution in [1.82, 2.24) is 5.01 Å². The molecule has 1 aliphatic heterocycles. The fourth-order valence-electron chi connectivity index (χ4n) is 3.54. The van der Waals surface area contributed by atoms with Crippen molar-refractivity contribution in [3.05, 3.63) is 100 Å². The largest absolute Gasteiger partial charge is 0.489 e. The molecule has 0 aliphatic carbocycles. The third-order valence-electron chi connectivity index (χ3n) is 5.32. The molecule has 6 nitrogen and oxygen atoms in total. The van der Waals surface area contributed by atoms with E-state index in [1.807, 2.05) is 31.2 Å². The number of hydrazone groups is 1. The topological polar surface area (TPSA) is 63.5 Å². The monoisotopic (exact) mass is 479 g/mol. The van der Waals surface area contributed by atoms with Gasteiger partial charge in [-0.25, -0.2) is 14.2 Å². The lowest BCUT2D eigenvalue weighted by atomic mass is 10.0. The Bertz CT molecular complexity index is 1210. The summed E-state index contributed by atoms with van der Waals surface area (Å²) in [6.07, 6.45) is 0.716. The van der Waals surface area contributed by atoms with Crippen molar-refractivity contribution in [3.63, 3.8) is 0 Å². The number of hydrogen-bond donors (Lipinski definition) is 0. The summed E-state index contributed by atoms with van der Waals surface area (Å²) in [7, 11) is 0. The van der Waals surface area contributed by atoms with E-state index in [1.54, 1.807) is 48.3 Å². The van der Waals surface area contributed by atoms with Gasteiger partial charge in [-0.15, -0.1) is 0 Å². The van der Waals surface area contributed by atoms with Crippen LogP contribution in [-0.4, -0.2) is 22.5 Å². The maximum Gasteiger partial charge on any atom is 0.365 e. The molecule has 0 fully saturated rings. The molecular formula is C26H23ClFN3O3. The first kappa shape index (κ1) is 23.4. The second-order valence-corrected chi connectivity index (χ2v) is 8.34. The minimum Gasteiger partial charge on any atom is -0.489 e. The van der Waals surface area contributed by atoms with E-state index in [2.05, 4.69) is 10.3 Å². The first-order chi connectivity index (χ1) is 16.4. The molecule has 1 atom stereocenters. The van der Waals surface area contributed by atoms with Crippen LogP contribution in [0.15, 0.2) is 83.1 Å². The standard InChI is InChI=1S/C26H23ClFN3O3/c1-17-15-25(20-7-13-24(14-8-20)33-16-19-3-11-23(28)12-4-19)31(29-17)18(2)30-34-26(32)21-5-9-22(27)10-6-21/h3-14,25H,15-16H2,1-2H3/b30-18-. The first-order valence-electron chi connectivity index (χ1n) is 10.7. The van der Waals surface area contributed by atoms with Gasteiger partial charge < -0.3 is 9.57 Å². The summed E-state index contributed by atoms with van der Waals surface area (Å²) in [5.41, 5.74) is 3.21. The molecule has 4 rings (SSSR count). The normalized spacial score (nSPS) is 15.8. The number of rotatable bonds is 6. The van der Waals surface area contributed by atoms with Gasteiger partial charge in [0.2, 0.25) is 0 Å². The summed E-state index contributed by atoms with van der Waals surface area (Å²) in [5.74, 6) is 0.318. The molecule has 0 saturated heterocycles. The van der Waals surface area contributed by atoms with Crippen molar-refractivity contribution in [1.29, 1.82) is 0 Å². The van der Waals surface area contributed by atoms with Crippen molar-refractivity contribution < 1.29 is 18.8 Å². The fourth-order valence-corrected chi connectivity index (χ4v) is 3.67. The van der Waals surface area contributed by atoms with Crippen molar-refractivity contribution >= 4 is 29.1 Å². The highest BCUT2D eigenvalue weighted by molar-refractivity contribution is 6.30. The molecule has 0 bridgehead atoms. The Balaban J connectivity index is 1.40. The van der Waals surface area contributed by atoms with Crippen LogP contribution in [-0.2, 0) is 11.4 Å². The molecule has 1 aliphatic rings. The number of ether oxygens (including phenoxy) is 1. The molecule has 3 aromatic rings. The van der Waals surface area contributed by atoms with Crippen LogP contribution in [0.4, 0.5) is 4.39 Å². The number of carbonyl (C=O) groups is 1. The zero-order chi connectivity index (χ0) is 24.1. The summed E-state index contributed by atoms with van der Waals surface area (Å²) in [5, 5.41) is 10.8. The fraction of sp³-hybridized carbons (Fsp3) is 0.192. The van der Waals surface area contributed by atoms with Crippen LogP contribution in [0, 0.1) is 5.82 Å². The van der Waals surface area contributed by atoms with E-state index in [9.17, 15) is 9.18 Å². The number of carbonyl (C=O) groups excluding carboxylic acids is 1. The number of nitrogens with zero attached hydrogens (tertiary/aromatic N) is 3. The molecule has 0 amide bonds. The average molecular weight is 480 g/mol. The predicted octanol–water partition coefficient (Wildman–Crippen LogP) is 6.37. The van der Waals surface area contributed by atoms with Gasteiger partial charge in [-0.3, -0.25) is 0 Å². The van der Waals surface area contributed by atoms with Gasteiger partial charge in [0.1, 0.15) is 18.2 Å². The van der Waals surface area contributed by atoms with Gasteiger partial charge in [0, 0.05) is 17.2 Å². The molecule has 0 radical (unpaired) electrons. The quantitative estimate of drug-likeness (QED) is 0.178. The molecule has 34 heavy (non-hydrogen) atoms. The molecule has 8 heteroatoms. The molecule has 0 aromatic heterocycles. The molecule has 0 N–H and O–H groups in total. The molecular weight excluding hydrogens is 457 g/mol. The Morgan fingerprint density at radius 3 is 2.44 bits per heavy atom. The predicted molar refractivity (Wildman–Crippen MR) is 129 cm³/mol. The number of oxime groups is 1. The maximum atomic E-state index is 13.0. The SMILES string of the molecule is CC1=NN(/C(C)=N\OC(=O)c2ccc(Cl)cc2)C(c2ccc(OCc3ccc(F)cc3)cc2)C1. The second kappa shape index (κ2) is 10.5. The van der Waals surface area contributed by atoms with Crippen molar-refractivity contribution in [2.24, 2.45) is 10.3 Å². The van der Waals surface area contributed by atoms with Crippen molar-refractivity contribution in [2.45, 2.75) is 32.9 Å². The lowest BCUT2D eigenvalue weighted by Gasteiger charge is -2.23. The van der Waals surface area contributed by atoms with Crippen molar-refractivity contribution in [3.8, 4) is 5.75 Å². The van der Waals surface area contributed by atoms with Gasteiger partial charge in [0.05, 0.1) is 11.6 Å². The first-order valence-corrected chi connectivity index (χ1v) is 11.1. The van der Waals surface area contributed by atoms with Crippen LogP contribution >= 0.6 is 11.6 Å². The zero-order valence-corrected chi connectivity index (χ0v) is 19.5. The molecule has 1 unspecified atom stereocenters. The summed E-state index contributed by atoms with van der Waals surface area (Å²) in [6.45, 7) is 4.03. The number of hydrogen-bond acceptors (Lipinski definition) is 5. The molecule has 0 saturated carbocycles. The highest BCUT2D eigenvalue weighted by atomic mass is 35.5. The van der Waals surface area contributed by atoms with Gasteiger partial charge in [-0.2, -0.15) is 5.10 Å². The lowest BCUT2D eigenvalue weighted by Crippen LogP contribution is -2.25. The zero-order valence-electron chi connectivity index (χ0n) is 18.7. The number of halogens is 2. The van der Waals surface area contributed by atoms with E-state index in [0.717, 1.165) is 16.8 Å². The van der Waals surface area contributed by atoms with Gasteiger partial charge >= 0.3 is 5.97 Å². The summed E-state index contributed by atoms with van der Waals surface area (Å²) >= 11 is 5.86. The van der Waals surface area contributed by atoms with E-state index in [-0.39, 0.29) is 11.9 Å². The third kappa shape index (κ3) is 5.80. The average Bonchev–Trinajstić information content (AvgIpc) is 3.24. The van der Waals surface area contributed by atoms with Gasteiger partial charge in [-0.1, -0.05) is 41.0 Å². The highest BCUT2D eigenvalue weighted by Crippen LogP contribution is 2.32. The highest BCUT2D eigenvalue weighted by Gasteiger charge is 2.28. The number of benzene rings is 3. The Hall–Kier alpha value is -3.71. The van der Waals surface area contributed by atoms with Crippen LogP contribution in [0.5, 0.6) is 5.75 Å². The summed E-state index contributed by atoms with van der Waals surface area (Å²) in [4.78, 5) is 17.4. The molecule has 3 aromatic carbocycles. The Kier molecular flexibility index (Phi) is 7.23. The molecule has 0 spiro atoms. The molecule has 1 heterocycles. The van der Waals surface area contributed by atoms with E-state index in [1.165, 1.54) is 12.1 Å². The molecule has 174 valence electrons. The van der Waals surface area contributed by atoms with Crippen LogP contribution < -0.4 is 4.74 Å². The van der Waals surface area contributed by atoms with E-state index >= 15 is 0 Å². The van der Waals surface area contributed by atoms with Crippen molar-refractivity contribution in [2.75, 3.05) is 0 Å². The Morgan fingerprint density at radius 1 is 1.09 bits per heavy atom. The summed E-state index contributed by atoms with van der Waals surface area (Å²) in [6, 6.07) is 20.2. The summed E-state index contributed by atoms with van der Waals surface area (Å²) < 4.78 is 18.9. The third-order valence-corrected chi connectivity index (χ3v) is 5.57. The Labute approximate surface area is 202 Å². The van der Waals surface area contributed by atoms with Gasteiger partial charge in [0.15, 0.2) is 5.84 Å². The van der Waals surface area contributed by atoms with E-state index in [0.29, 0.717) is 35.2 Å². The van der Waals surface area contributed by atoms with Crippen LogP contribution in [0.1, 0.15) is 47.8 Å². The Morgan fingerprint density at radius 2 is 1.76 bits per heavy atom. The van der Waals surface area contributed by atoms with E-state index < -0.39 is 5.97 Å². The lowest BCUT2D eigenvalue weighted by molar-refractivity contribution is 0.0508. The maximum absolute atomic E-state index is 13.0. The minimum absolute atomic E-state index is 0.0795. The van der Waals surface area contributed by atoms with Gasteiger partial charge in [0.25, 0.3) is 0 Å².